The number of hydrogen-bond donors (Lipinski definition) is 2. The molecular formula is C16H19N3O3S. The van der Waals surface area contributed by atoms with Gasteiger partial charge in [-0.15, -0.1) is 0 Å². The fraction of sp³-hybridized carbons (Fsp3) is 0.438. The molecule has 1 aliphatic heterocycles. The Morgan fingerprint density at radius 2 is 2.26 bits per heavy atom. The van der Waals surface area contributed by atoms with E-state index in [0.717, 1.165) is 31.3 Å². The molecule has 7 heteroatoms. The van der Waals surface area contributed by atoms with Crippen molar-refractivity contribution in [2.24, 2.45) is 11.7 Å². The molecule has 1 fully saturated rings. The molecule has 0 radical (unpaired) electrons. The number of hydrogen-bond acceptors (Lipinski definition) is 4. The number of fused-ring (bicyclic) bond motifs is 1. The van der Waals surface area contributed by atoms with E-state index in [2.05, 4.69) is 4.98 Å². The van der Waals surface area contributed by atoms with E-state index in [1.165, 1.54) is 0 Å². The second-order valence-corrected chi connectivity index (χ2v) is 6.36. The van der Waals surface area contributed by atoms with Crippen LogP contribution in [0.15, 0.2) is 22.6 Å². The third-order valence-corrected chi connectivity index (χ3v) is 4.46. The number of aromatic nitrogens is 1. The van der Waals surface area contributed by atoms with Crippen LogP contribution in [0.5, 0.6) is 0 Å². The molecule has 1 unspecified atom stereocenters. The molecular weight excluding hydrogens is 314 g/mol. The third kappa shape index (κ3) is 3.61. The Labute approximate surface area is 138 Å². The first kappa shape index (κ1) is 15.7. The normalized spacial score (nSPS) is 18.3. The number of amides is 2. The van der Waals surface area contributed by atoms with Gasteiger partial charge in [-0.05, 0) is 55.6 Å². The van der Waals surface area contributed by atoms with Gasteiger partial charge in [-0.2, -0.15) is 0 Å². The Morgan fingerprint density at radius 1 is 1.43 bits per heavy atom. The van der Waals surface area contributed by atoms with Crippen molar-refractivity contribution in [2.45, 2.75) is 25.7 Å². The van der Waals surface area contributed by atoms with Gasteiger partial charge in [0.05, 0.1) is 5.52 Å². The van der Waals surface area contributed by atoms with E-state index in [4.69, 9.17) is 22.4 Å². The van der Waals surface area contributed by atoms with Gasteiger partial charge < -0.3 is 20.0 Å². The van der Waals surface area contributed by atoms with E-state index in [1.807, 2.05) is 4.90 Å². The van der Waals surface area contributed by atoms with Crippen LogP contribution < -0.4 is 5.73 Å². The molecule has 1 aliphatic rings. The van der Waals surface area contributed by atoms with E-state index in [1.54, 1.807) is 18.2 Å². The number of primary amides is 1. The smallest absolute Gasteiger partial charge is 0.266 e. The predicted octanol–water partition coefficient (Wildman–Crippen LogP) is 2.61. The summed E-state index contributed by atoms with van der Waals surface area (Å²) in [5.74, 6) is 0.0332. The molecule has 3 rings (SSSR count). The predicted molar refractivity (Wildman–Crippen MR) is 88.5 cm³/mol. The first-order valence-corrected chi connectivity index (χ1v) is 8.14. The minimum absolute atomic E-state index is 0.0157. The number of oxazole rings is 1. The van der Waals surface area contributed by atoms with Crippen molar-refractivity contribution < 1.29 is 14.0 Å². The fourth-order valence-corrected chi connectivity index (χ4v) is 3.29. The summed E-state index contributed by atoms with van der Waals surface area (Å²) in [6.07, 6.45) is 3.10. The van der Waals surface area contributed by atoms with Crippen LogP contribution in [-0.2, 0) is 4.79 Å². The Bertz CT molecular complexity index is 795. The number of rotatable bonds is 4. The Kier molecular flexibility index (Phi) is 4.47. The lowest BCUT2D eigenvalue weighted by molar-refractivity contribution is -0.118. The first-order valence-electron chi connectivity index (χ1n) is 7.73. The monoisotopic (exact) mass is 333 g/mol. The minimum atomic E-state index is -0.285. The minimum Gasteiger partial charge on any atom is -0.429 e. The van der Waals surface area contributed by atoms with E-state index in [9.17, 15) is 9.59 Å². The zero-order valence-corrected chi connectivity index (χ0v) is 13.5. The van der Waals surface area contributed by atoms with Crippen LogP contribution >= 0.6 is 12.2 Å². The molecule has 122 valence electrons. The molecule has 6 nitrogen and oxygen atoms in total. The molecule has 2 amide bonds. The summed E-state index contributed by atoms with van der Waals surface area (Å²) in [5, 5.41) is 0. The van der Waals surface area contributed by atoms with Crippen LogP contribution in [0.4, 0.5) is 0 Å². The average Bonchev–Trinajstić information content (AvgIpc) is 2.91. The number of likely N-dealkylation sites (tertiary alicyclic amines) is 1. The van der Waals surface area contributed by atoms with Crippen molar-refractivity contribution in [3.05, 3.63) is 28.6 Å². The number of benzene rings is 1. The molecule has 0 bridgehead atoms. The molecule has 2 heterocycles. The van der Waals surface area contributed by atoms with Gasteiger partial charge in [0.25, 0.3) is 10.7 Å². The van der Waals surface area contributed by atoms with Gasteiger partial charge >= 0.3 is 0 Å². The highest BCUT2D eigenvalue weighted by Crippen LogP contribution is 2.23. The van der Waals surface area contributed by atoms with Crippen molar-refractivity contribution in [3.63, 3.8) is 0 Å². The third-order valence-electron chi connectivity index (χ3n) is 4.27. The van der Waals surface area contributed by atoms with Gasteiger partial charge in [0.15, 0.2) is 5.58 Å². The second-order valence-electron chi connectivity index (χ2n) is 5.99. The summed E-state index contributed by atoms with van der Waals surface area (Å²) in [7, 11) is 0. The molecule has 1 atom stereocenters. The maximum Gasteiger partial charge on any atom is 0.266 e. The van der Waals surface area contributed by atoms with E-state index >= 15 is 0 Å². The molecule has 1 aromatic carbocycles. The summed E-state index contributed by atoms with van der Waals surface area (Å²) >= 11 is 4.96. The standard InChI is InChI=1S/C16H19N3O3S/c17-14(20)6-3-10-2-1-7-19(9-10)15(21)11-4-5-12-13(8-11)22-16(23)18-12/h4-5,8,10H,1-3,6-7,9H2,(H2,17,20)(H,18,23). The maximum absolute atomic E-state index is 12.7. The van der Waals surface area contributed by atoms with Crippen molar-refractivity contribution >= 4 is 35.1 Å². The lowest BCUT2D eigenvalue weighted by Gasteiger charge is -2.32. The summed E-state index contributed by atoms with van der Waals surface area (Å²) in [4.78, 5) is 28.7. The van der Waals surface area contributed by atoms with Gasteiger partial charge in [0.2, 0.25) is 5.91 Å². The number of H-pyrrole nitrogens is 1. The Morgan fingerprint density at radius 3 is 3.04 bits per heavy atom. The lowest BCUT2D eigenvalue weighted by atomic mass is 9.93. The number of carbonyl (C=O) groups excluding carboxylic acids is 2. The zero-order chi connectivity index (χ0) is 16.4. The molecule has 2 aromatic rings. The van der Waals surface area contributed by atoms with Crippen LogP contribution in [0.2, 0.25) is 0 Å². The number of nitrogens with two attached hydrogens (primary N) is 1. The van der Waals surface area contributed by atoms with E-state index in [-0.39, 0.29) is 11.8 Å². The molecule has 1 saturated heterocycles. The molecule has 0 saturated carbocycles. The average molecular weight is 333 g/mol. The molecule has 0 aliphatic carbocycles. The SMILES string of the molecule is NC(=O)CCC1CCCN(C(=O)c2ccc3[nH]c(=S)oc3c2)C1. The van der Waals surface area contributed by atoms with Crippen molar-refractivity contribution in [1.29, 1.82) is 0 Å². The topological polar surface area (TPSA) is 92.3 Å². The van der Waals surface area contributed by atoms with Crippen molar-refractivity contribution in [2.75, 3.05) is 13.1 Å². The largest absolute Gasteiger partial charge is 0.429 e. The van der Waals surface area contributed by atoms with Crippen LogP contribution in [0.3, 0.4) is 0 Å². The van der Waals surface area contributed by atoms with Gasteiger partial charge in [-0.3, -0.25) is 9.59 Å². The van der Waals surface area contributed by atoms with Crippen LogP contribution in [0.1, 0.15) is 36.0 Å². The fourth-order valence-electron chi connectivity index (χ4n) is 3.09. The number of aromatic amines is 1. The van der Waals surface area contributed by atoms with E-state index in [0.29, 0.717) is 34.9 Å². The highest BCUT2D eigenvalue weighted by molar-refractivity contribution is 7.71. The van der Waals surface area contributed by atoms with Gasteiger partial charge in [0, 0.05) is 25.1 Å². The van der Waals surface area contributed by atoms with Crippen molar-refractivity contribution in [3.8, 4) is 0 Å². The maximum atomic E-state index is 12.7. The Balaban J connectivity index is 1.72. The highest BCUT2D eigenvalue weighted by Gasteiger charge is 2.25. The highest BCUT2D eigenvalue weighted by atomic mass is 32.1. The summed E-state index contributed by atoms with van der Waals surface area (Å²) in [6.45, 7) is 1.40. The molecule has 0 spiro atoms. The Hall–Kier alpha value is -2.15. The molecule has 3 N–H and O–H groups in total. The van der Waals surface area contributed by atoms with Crippen molar-refractivity contribution in [1.82, 2.24) is 9.88 Å². The van der Waals surface area contributed by atoms with Gasteiger partial charge in [-0.25, -0.2) is 0 Å². The van der Waals surface area contributed by atoms with Crippen LogP contribution in [0, 0.1) is 10.8 Å². The second kappa shape index (κ2) is 6.54. The molecule has 1 aromatic heterocycles. The number of nitrogens with one attached hydrogen (secondary N) is 1. The molecule has 23 heavy (non-hydrogen) atoms. The number of carbonyl (C=O) groups is 2. The summed E-state index contributed by atoms with van der Waals surface area (Å²) in [6, 6.07) is 5.30. The first-order chi connectivity index (χ1) is 11.0. The number of nitrogens with zero attached hydrogens (tertiary/aromatic N) is 1. The van der Waals surface area contributed by atoms with Crippen LogP contribution in [0.25, 0.3) is 11.1 Å². The number of piperidine rings is 1. The lowest BCUT2D eigenvalue weighted by Crippen LogP contribution is -2.40. The summed E-state index contributed by atoms with van der Waals surface area (Å²) < 4.78 is 5.37. The van der Waals surface area contributed by atoms with E-state index < -0.39 is 0 Å². The zero-order valence-electron chi connectivity index (χ0n) is 12.7. The van der Waals surface area contributed by atoms with Gasteiger partial charge in [0.1, 0.15) is 0 Å². The van der Waals surface area contributed by atoms with Gasteiger partial charge in [-0.1, -0.05) is 0 Å². The quantitative estimate of drug-likeness (QED) is 0.841. The van der Waals surface area contributed by atoms with Crippen LogP contribution in [-0.4, -0.2) is 34.8 Å². The summed E-state index contributed by atoms with van der Waals surface area (Å²) in [5.41, 5.74) is 7.17.